The first kappa shape index (κ1) is 20.6. The highest BCUT2D eigenvalue weighted by Crippen LogP contribution is 2.29. The Bertz CT molecular complexity index is 765. The van der Waals surface area contributed by atoms with Gasteiger partial charge in [0, 0.05) is 11.4 Å². The Morgan fingerprint density at radius 3 is 2.58 bits per heavy atom. The highest BCUT2D eigenvalue weighted by Gasteiger charge is 2.09. The molecular formula is C20H23BrClNO3. The minimum atomic E-state index is -0.108. The predicted octanol–water partition coefficient (Wildman–Crippen LogP) is 6.03. The zero-order chi connectivity index (χ0) is 19.1. The second-order valence-electron chi connectivity index (χ2n) is 6.19. The maximum absolute atomic E-state index is 12.1. The van der Waals surface area contributed by atoms with Gasteiger partial charge in [0.2, 0.25) is 5.91 Å². The van der Waals surface area contributed by atoms with E-state index in [1.807, 2.05) is 6.07 Å². The summed E-state index contributed by atoms with van der Waals surface area (Å²) in [4.78, 5) is 12.1. The molecule has 0 bridgehead atoms. The topological polar surface area (TPSA) is 47.6 Å². The molecule has 2 rings (SSSR count). The highest BCUT2D eigenvalue weighted by atomic mass is 79.9. The number of amides is 1. The van der Waals surface area contributed by atoms with Crippen LogP contribution in [0.2, 0.25) is 5.02 Å². The molecule has 0 spiro atoms. The van der Waals surface area contributed by atoms with Gasteiger partial charge in [-0.25, -0.2) is 0 Å². The summed E-state index contributed by atoms with van der Waals surface area (Å²) in [5, 5.41) is 3.36. The molecule has 0 aliphatic rings. The standard InChI is InChI=1S/C20H23BrClNO3/c1-13(2)14-6-8-18(16(21)11-14)26-10-4-5-20(24)23-17-12-15(22)7-9-19(17)25-3/h6-9,11-13H,4-5,10H2,1-3H3,(H,23,24). The molecule has 0 aromatic heterocycles. The lowest BCUT2D eigenvalue weighted by atomic mass is 10.0. The third kappa shape index (κ3) is 5.92. The molecule has 0 fully saturated rings. The SMILES string of the molecule is COc1ccc(Cl)cc1NC(=O)CCCOc1ccc(C(C)C)cc1Br. The van der Waals surface area contributed by atoms with Crippen molar-refractivity contribution >= 4 is 39.1 Å². The maximum Gasteiger partial charge on any atom is 0.224 e. The van der Waals surface area contributed by atoms with E-state index < -0.39 is 0 Å². The summed E-state index contributed by atoms with van der Waals surface area (Å²) in [5.74, 6) is 1.72. The van der Waals surface area contributed by atoms with Gasteiger partial charge in [-0.2, -0.15) is 0 Å². The summed E-state index contributed by atoms with van der Waals surface area (Å²) in [5.41, 5.74) is 1.82. The number of nitrogens with one attached hydrogen (secondary N) is 1. The van der Waals surface area contributed by atoms with Crippen molar-refractivity contribution in [2.24, 2.45) is 0 Å². The van der Waals surface area contributed by atoms with E-state index in [-0.39, 0.29) is 5.91 Å². The number of carbonyl (C=O) groups excluding carboxylic acids is 1. The Kier molecular flexibility index (Phi) is 7.79. The largest absolute Gasteiger partial charge is 0.495 e. The van der Waals surface area contributed by atoms with E-state index in [0.717, 1.165) is 10.2 Å². The molecule has 140 valence electrons. The molecule has 0 unspecified atom stereocenters. The van der Waals surface area contributed by atoms with Crippen LogP contribution in [0.1, 0.15) is 38.2 Å². The van der Waals surface area contributed by atoms with Crippen molar-refractivity contribution in [1.82, 2.24) is 0 Å². The van der Waals surface area contributed by atoms with E-state index in [1.54, 1.807) is 25.3 Å². The van der Waals surface area contributed by atoms with E-state index in [0.29, 0.717) is 41.8 Å². The van der Waals surface area contributed by atoms with Crippen molar-refractivity contribution in [1.29, 1.82) is 0 Å². The molecule has 6 heteroatoms. The van der Waals surface area contributed by atoms with Crippen LogP contribution in [0.3, 0.4) is 0 Å². The zero-order valence-corrected chi connectivity index (χ0v) is 17.5. The number of hydrogen-bond acceptors (Lipinski definition) is 3. The number of methoxy groups -OCH3 is 1. The quantitative estimate of drug-likeness (QED) is 0.510. The fraction of sp³-hybridized carbons (Fsp3) is 0.350. The number of hydrogen-bond donors (Lipinski definition) is 1. The third-order valence-corrected chi connectivity index (χ3v) is 4.72. The van der Waals surface area contributed by atoms with Crippen LogP contribution in [0.15, 0.2) is 40.9 Å². The number of carbonyl (C=O) groups is 1. The van der Waals surface area contributed by atoms with Crippen molar-refractivity contribution in [2.75, 3.05) is 19.0 Å². The van der Waals surface area contributed by atoms with Crippen LogP contribution in [0.5, 0.6) is 11.5 Å². The molecule has 1 amide bonds. The van der Waals surface area contributed by atoms with Crippen LogP contribution in [-0.2, 0) is 4.79 Å². The molecule has 26 heavy (non-hydrogen) atoms. The van der Waals surface area contributed by atoms with Crippen LogP contribution in [0.25, 0.3) is 0 Å². The summed E-state index contributed by atoms with van der Waals surface area (Å²) >= 11 is 9.50. The van der Waals surface area contributed by atoms with Gasteiger partial charge in [-0.05, 0) is 64.2 Å². The maximum atomic E-state index is 12.1. The number of benzene rings is 2. The zero-order valence-electron chi connectivity index (χ0n) is 15.1. The molecule has 2 aromatic carbocycles. The van der Waals surface area contributed by atoms with E-state index in [4.69, 9.17) is 21.1 Å². The fourth-order valence-electron chi connectivity index (χ4n) is 2.40. The van der Waals surface area contributed by atoms with E-state index >= 15 is 0 Å². The Morgan fingerprint density at radius 1 is 1.19 bits per heavy atom. The van der Waals surface area contributed by atoms with Crippen LogP contribution in [0, 0.1) is 0 Å². The van der Waals surface area contributed by atoms with Gasteiger partial charge >= 0.3 is 0 Å². The molecule has 0 heterocycles. The lowest BCUT2D eigenvalue weighted by Gasteiger charge is -2.12. The molecular weight excluding hydrogens is 418 g/mol. The summed E-state index contributed by atoms with van der Waals surface area (Å²) in [6, 6.07) is 11.2. The van der Waals surface area contributed by atoms with E-state index in [1.165, 1.54) is 5.56 Å². The highest BCUT2D eigenvalue weighted by molar-refractivity contribution is 9.10. The number of ether oxygens (including phenoxy) is 2. The minimum absolute atomic E-state index is 0.108. The van der Waals surface area contributed by atoms with E-state index in [2.05, 4.69) is 47.2 Å². The average Bonchev–Trinajstić information content (AvgIpc) is 2.59. The van der Waals surface area contributed by atoms with Gasteiger partial charge in [-0.1, -0.05) is 31.5 Å². The van der Waals surface area contributed by atoms with Crippen LogP contribution in [-0.4, -0.2) is 19.6 Å². The Balaban J connectivity index is 1.81. The summed E-state index contributed by atoms with van der Waals surface area (Å²) in [6.07, 6.45) is 0.949. The molecule has 1 N–H and O–H groups in total. The van der Waals surface area contributed by atoms with Crippen molar-refractivity contribution in [2.45, 2.75) is 32.6 Å². The molecule has 0 aliphatic carbocycles. The first-order valence-electron chi connectivity index (χ1n) is 8.46. The van der Waals surface area contributed by atoms with Crippen molar-refractivity contribution in [3.05, 3.63) is 51.5 Å². The average molecular weight is 441 g/mol. The Morgan fingerprint density at radius 2 is 1.92 bits per heavy atom. The summed E-state index contributed by atoms with van der Waals surface area (Å²) in [6.45, 7) is 4.76. The Hall–Kier alpha value is -1.72. The van der Waals surface area contributed by atoms with Crippen LogP contribution in [0.4, 0.5) is 5.69 Å². The summed E-state index contributed by atoms with van der Waals surface area (Å²) in [7, 11) is 1.55. The van der Waals surface area contributed by atoms with Crippen molar-refractivity contribution in [3.63, 3.8) is 0 Å². The molecule has 0 atom stereocenters. The predicted molar refractivity (Wildman–Crippen MR) is 110 cm³/mol. The molecule has 0 saturated heterocycles. The number of anilines is 1. The molecule has 2 aromatic rings. The van der Waals surface area contributed by atoms with Gasteiger partial charge in [0.1, 0.15) is 11.5 Å². The van der Waals surface area contributed by atoms with Gasteiger partial charge < -0.3 is 14.8 Å². The van der Waals surface area contributed by atoms with Gasteiger partial charge in [0.25, 0.3) is 0 Å². The Labute approximate surface area is 168 Å². The molecule has 0 radical (unpaired) electrons. The third-order valence-electron chi connectivity index (χ3n) is 3.86. The van der Waals surface area contributed by atoms with Crippen molar-refractivity contribution in [3.8, 4) is 11.5 Å². The summed E-state index contributed by atoms with van der Waals surface area (Å²) < 4.78 is 11.9. The molecule has 4 nitrogen and oxygen atoms in total. The van der Waals surface area contributed by atoms with Crippen molar-refractivity contribution < 1.29 is 14.3 Å². The monoisotopic (exact) mass is 439 g/mol. The smallest absolute Gasteiger partial charge is 0.224 e. The van der Waals surface area contributed by atoms with Gasteiger partial charge in [-0.3, -0.25) is 4.79 Å². The van der Waals surface area contributed by atoms with Gasteiger partial charge in [0.15, 0.2) is 0 Å². The first-order valence-corrected chi connectivity index (χ1v) is 9.63. The van der Waals surface area contributed by atoms with Gasteiger partial charge in [-0.15, -0.1) is 0 Å². The number of rotatable bonds is 8. The van der Waals surface area contributed by atoms with Gasteiger partial charge in [0.05, 0.1) is 23.9 Å². The molecule has 0 aliphatic heterocycles. The minimum Gasteiger partial charge on any atom is -0.495 e. The second kappa shape index (κ2) is 9.83. The normalized spacial score (nSPS) is 10.7. The van der Waals surface area contributed by atoms with E-state index in [9.17, 15) is 4.79 Å². The first-order chi connectivity index (χ1) is 12.4. The van der Waals surface area contributed by atoms with Crippen LogP contribution >= 0.6 is 27.5 Å². The fourth-order valence-corrected chi connectivity index (χ4v) is 3.08. The number of halogens is 2. The van der Waals surface area contributed by atoms with Crippen LogP contribution < -0.4 is 14.8 Å². The second-order valence-corrected chi connectivity index (χ2v) is 7.48. The lowest BCUT2D eigenvalue weighted by Crippen LogP contribution is -2.13. The lowest BCUT2D eigenvalue weighted by molar-refractivity contribution is -0.116. The molecule has 0 saturated carbocycles.